The molecule has 19 heavy (non-hydrogen) atoms. The first-order valence-electron chi connectivity index (χ1n) is 6.92. The highest BCUT2D eigenvalue weighted by Crippen LogP contribution is 2.18. The van der Waals surface area contributed by atoms with Crippen LogP contribution in [0, 0.1) is 0 Å². The Morgan fingerprint density at radius 1 is 1.53 bits per heavy atom. The third kappa shape index (κ3) is 3.26. The lowest BCUT2D eigenvalue weighted by Crippen LogP contribution is -2.42. The largest absolute Gasteiger partial charge is 0.497 e. The smallest absolute Gasteiger partial charge is 0.254 e. The third-order valence-corrected chi connectivity index (χ3v) is 3.52. The zero-order chi connectivity index (χ0) is 13.7. The number of nitrogens with one attached hydrogen (secondary N) is 1. The molecule has 0 bridgehead atoms. The minimum Gasteiger partial charge on any atom is -0.497 e. The fourth-order valence-corrected chi connectivity index (χ4v) is 2.52. The van der Waals surface area contributed by atoms with E-state index in [1.807, 2.05) is 29.2 Å². The van der Waals surface area contributed by atoms with Crippen molar-refractivity contribution in [2.24, 2.45) is 0 Å². The average molecular weight is 262 g/mol. The Bertz CT molecular complexity index is 428. The SMILES string of the molecule is CCCN(C(=O)c1cccc(OC)c1)[C@@H]1CCNC1. The van der Waals surface area contributed by atoms with Crippen LogP contribution in [0.25, 0.3) is 0 Å². The Balaban J connectivity index is 2.17. The molecule has 1 heterocycles. The minimum absolute atomic E-state index is 0.106. The molecule has 4 nitrogen and oxygen atoms in total. The number of hydrogen-bond donors (Lipinski definition) is 1. The molecule has 104 valence electrons. The third-order valence-electron chi connectivity index (χ3n) is 3.52. The van der Waals surface area contributed by atoms with Gasteiger partial charge in [0.1, 0.15) is 5.75 Å². The molecule has 1 aromatic carbocycles. The molecule has 1 atom stereocenters. The summed E-state index contributed by atoms with van der Waals surface area (Å²) in [5.74, 6) is 0.835. The number of nitrogens with zero attached hydrogens (tertiary/aromatic N) is 1. The van der Waals surface area contributed by atoms with Crippen molar-refractivity contribution in [2.45, 2.75) is 25.8 Å². The summed E-state index contributed by atoms with van der Waals surface area (Å²) in [4.78, 5) is 14.6. The van der Waals surface area contributed by atoms with Gasteiger partial charge < -0.3 is 15.0 Å². The summed E-state index contributed by atoms with van der Waals surface area (Å²) in [5.41, 5.74) is 0.708. The summed E-state index contributed by atoms with van der Waals surface area (Å²) in [5, 5.41) is 3.32. The zero-order valence-electron chi connectivity index (χ0n) is 11.7. The van der Waals surface area contributed by atoms with E-state index < -0.39 is 0 Å². The molecule has 1 aliphatic heterocycles. The summed E-state index contributed by atoms with van der Waals surface area (Å²) < 4.78 is 5.19. The van der Waals surface area contributed by atoms with E-state index in [9.17, 15) is 4.79 Å². The van der Waals surface area contributed by atoms with Gasteiger partial charge in [-0.15, -0.1) is 0 Å². The normalized spacial score (nSPS) is 18.3. The first kappa shape index (κ1) is 13.9. The molecule has 1 N–H and O–H groups in total. The predicted molar refractivity (Wildman–Crippen MR) is 75.6 cm³/mol. The maximum Gasteiger partial charge on any atom is 0.254 e. The number of methoxy groups -OCH3 is 1. The van der Waals surface area contributed by atoms with Crippen molar-refractivity contribution >= 4 is 5.91 Å². The van der Waals surface area contributed by atoms with E-state index >= 15 is 0 Å². The number of benzene rings is 1. The van der Waals surface area contributed by atoms with E-state index in [2.05, 4.69) is 12.2 Å². The van der Waals surface area contributed by atoms with E-state index in [4.69, 9.17) is 4.74 Å². The number of ether oxygens (including phenoxy) is 1. The number of hydrogen-bond acceptors (Lipinski definition) is 3. The van der Waals surface area contributed by atoms with Crippen LogP contribution in [0.5, 0.6) is 5.75 Å². The van der Waals surface area contributed by atoms with E-state index in [0.29, 0.717) is 11.6 Å². The van der Waals surface area contributed by atoms with Gasteiger partial charge in [-0.2, -0.15) is 0 Å². The second-order valence-electron chi connectivity index (χ2n) is 4.88. The Hall–Kier alpha value is -1.55. The van der Waals surface area contributed by atoms with E-state index in [1.54, 1.807) is 7.11 Å². The molecule has 0 radical (unpaired) electrons. The minimum atomic E-state index is 0.106. The van der Waals surface area contributed by atoms with Gasteiger partial charge in [-0.05, 0) is 37.6 Å². The molecule has 1 saturated heterocycles. The Labute approximate surface area is 114 Å². The van der Waals surface area contributed by atoms with Crippen LogP contribution in [0.4, 0.5) is 0 Å². The number of carbonyl (C=O) groups is 1. The molecule has 1 aliphatic rings. The van der Waals surface area contributed by atoms with Crippen LogP contribution in [0.3, 0.4) is 0 Å². The molecule has 0 aromatic heterocycles. The quantitative estimate of drug-likeness (QED) is 0.881. The average Bonchev–Trinajstić information content (AvgIpc) is 2.98. The molecule has 0 aliphatic carbocycles. The van der Waals surface area contributed by atoms with Crippen molar-refractivity contribution in [3.05, 3.63) is 29.8 Å². The van der Waals surface area contributed by atoms with Gasteiger partial charge in [0, 0.05) is 24.7 Å². The van der Waals surface area contributed by atoms with Gasteiger partial charge in [0.15, 0.2) is 0 Å². The molecule has 1 amide bonds. The van der Waals surface area contributed by atoms with Gasteiger partial charge in [0.2, 0.25) is 0 Å². The van der Waals surface area contributed by atoms with E-state index in [1.165, 1.54) is 0 Å². The maximum atomic E-state index is 12.6. The molecular formula is C15H22N2O2. The lowest BCUT2D eigenvalue weighted by Gasteiger charge is -2.28. The van der Waals surface area contributed by atoms with Gasteiger partial charge in [0.05, 0.1) is 7.11 Å². The van der Waals surface area contributed by atoms with Crippen molar-refractivity contribution in [3.8, 4) is 5.75 Å². The number of amides is 1. The highest BCUT2D eigenvalue weighted by molar-refractivity contribution is 5.94. The molecule has 1 aromatic rings. The summed E-state index contributed by atoms with van der Waals surface area (Å²) in [6, 6.07) is 7.71. The first-order valence-corrected chi connectivity index (χ1v) is 6.92. The number of carbonyl (C=O) groups excluding carboxylic acids is 1. The molecule has 4 heteroatoms. The van der Waals surface area contributed by atoms with Crippen LogP contribution in [-0.2, 0) is 0 Å². The van der Waals surface area contributed by atoms with Gasteiger partial charge in [-0.3, -0.25) is 4.79 Å². The fourth-order valence-electron chi connectivity index (χ4n) is 2.52. The van der Waals surface area contributed by atoms with E-state index in [-0.39, 0.29) is 5.91 Å². The fraction of sp³-hybridized carbons (Fsp3) is 0.533. The van der Waals surface area contributed by atoms with Gasteiger partial charge in [0.25, 0.3) is 5.91 Å². The second kappa shape index (κ2) is 6.57. The highest BCUT2D eigenvalue weighted by atomic mass is 16.5. The summed E-state index contributed by atoms with van der Waals surface area (Å²) in [7, 11) is 1.62. The predicted octanol–water partition coefficient (Wildman–Crippen LogP) is 1.91. The van der Waals surface area contributed by atoms with Crippen LogP contribution < -0.4 is 10.1 Å². The van der Waals surface area contributed by atoms with Gasteiger partial charge in [-0.1, -0.05) is 13.0 Å². The second-order valence-corrected chi connectivity index (χ2v) is 4.88. The lowest BCUT2D eigenvalue weighted by atomic mass is 10.1. The Morgan fingerprint density at radius 2 is 2.37 bits per heavy atom. The van der Waals surface area contributed by atoms with Crippen molar-refractivity contribution in [1.82, 2.24) is 10.2 Å². The van der Waals surface area contributed by atoms with Crippen LogP contribution in [0.2, 0.25) is 0 Å². The summed E-state index contributed by atoms with van der Waals surface area (Å²) >= 11 is 0. The molecule has 2 rings (SSSR count). The molecular weight excluding hydrogens is 240 g/mol. The summed E-state index contributed by atoms with van der Waals surface area (Å²) in [6.07, 6.45) is 2.02. The zero-order valence-corrected chi connectivity index (χ0v) is 11.7. The standard InChI is InChI=1S/C15H22N2O2/c1-3-9-17(13-7-8-16-11-13)15(18)12-5-4-6-14(10-12)19-2/h4-6,10,13,16H,3,7-9,11H2,1-2H3/t13-/m1/s1. The van der Waals surface area contributed by atoms with Crippen LogP contribution in [0.15, 0.2) is 24.3 Å². The van der Waals surface area contributed by atoms with Crippen LogP contribution in [-0.4, -0.2) is 43.6 Å². The first-order chi connectivity index (χ1) is 9.26. The summed E-state index contributed by atoms with van der Waals surface area (Å²) in [6.45, 7) is 4.81. The van der Waals surface area contributed by atoms with Crippen LogP contribution in [0.1, 0.15) is 30.1 Å². The highest BCUT2D eigenvalue weighted by Gasteiger charge is 2.26. The van der Waals surface area contributed by atoms with E-state index in [0.717, 1.165) is 38.2 Å². The van der Waals surface area contributed by atoms with Gasteiger partial charge in [-0.25, -0.2) is 0 Å². The van der Waals surface area contributed by atoms with Crippen molar-refractivity contribution in [3.63, 3.8) is 0 Å². The van der Waals surface area contributed by atoms with Crippen molar-refractivity contribution in [1.29, 1.82) is 0 Å². The topological polar surface area (TPSA) is 41.6 Å². The van der Waals surface area contributed by atoms with Crippen LogP contribution >= 0.6 is 0 Å². The molecule has 0 saturated carbocycles. The Morgan fingerprint density at radius 3 is 3.00 bits per heavy atom. The van der Waals surface area contributed by atoms with Crippen molar-refractivity contribution in [2.75, 3.05) is 26.7 Å². The lowest BCUT2D eigenvalue weighted by molar-refractivity contribution is 0.0692. The monoisotopic (exact) mass is 262 g/mol. The molecule has 1 fully saturated rings. The Kier molecular flexibility index (Phi) is 4.80. The number of rotatable bonds is 5. The molecule has 0 unspecified atom stereocenters. The van der Waals surface area contributed by atoms with Crippen molar-refractivity contribution < 1.29 is 9.53 Å². The molecule has 0 spiro atoms. The maximum absolute atomic E-state index is 12.6. The van der Waals surface area contributed by atoms with Gasteiger partial charge >= 0.3 is 0 Å².